The van der Waals surface area contributed by atoms with Crippen molar-refractivity contribution in [1.29, 1.82) is 0 Å². The Bertz CT molecular complexity index is 1070. The SMILES string of the molecule is C=CCNC(=O)CSc1nc2ccccc2c(=O)n1-c1ccc(C(C)CC)cc1. The van der Waals surface area contributed by atoms with Crippen molar-refractivity contribution in [3.8, 4) is 5.69 Å². The summed E-state index contributed by atoms with van der Waals surface area (Å²) >= 11 is 1.25. The van der Waals surface area contributed by atoms with E-state index >= 15 is 0 Å². The van der Waals surface area contributed by atoms with Crippen LogP contribution < -0.4 is 10.9 Å². The molecule has 0 bridgehead atoms. The highest BCUT2D eigenvalue weighted by molar-refractivity contribution is 7.99. The molecule has 1 N–H and O–H groups in total. The molecule has 6 heteroatoms. The third-order valence-corrected chi connectivity index (χ3v) is 5.79. The number of thioether (sulfide) groups is 1. The van der Waals surface area contributed by atoms with Gasteiger partial charge in [0.05, 0.1) is 22.3 Å². The van der Waals surface area contributed by atoms with Crippen LogP contribution in [0.25, 0.3) is 16.6 Å². The van der Waals surface area contributed by atoms with E-state index < -0.39 is 0 Å². The predicted molar refractivity (Wildman–Crippen MR) is 120 cm³/mol. The van der Waals surface area contributed by atoms with Crippen molar-refractivity contribution in [1.82, 2.24) is 14.9 Å². The molecule has 1 atom stereocenters. The van der Waals surface area contributed by atoms with E-state index in [1.807, 2.05) is 30.3 Å². The van der Waals surface area contributed by atoms with Crippen molar-refractivity contribution >= 4 is 28.6 Å². The van der Waals surface area contributed by atoms with Gasteiger partial charge in [0.15, 0.2) is 5.16 Å². The van der Waals surface area contributed by atoms with Gasteiger partial charge >= 0.3 is 0 Å². The molecule has 1 heterocycles. The Labute approximate surface area is 174 Å². The lowest BCUT2D eigenvalue weighted by molar-refractivity contribution is -0.118. The lowest BCUT2D eigenvalue weighted by atomic mass is 9.98. The maximum atomic E-state index is 13.2. The Kier molecular flexibility index (Phi) is 6.88. The van der Waals surface area contributed by atoms with E-state index in [4.69, 9.17) is 0 Å². The topological polar surface area (TPSA) is 64.0 Å². The Hall–Kier alpha value is -2.86. The van der Waals surface area contributed by atoms with Crippen LogP contribution in [0.1, 0.15) is 31.7 Å². The van der Waals surface area contributed by atoms with E-state index in [-0.39, 0.29) is 17.2 Å². The molecule has 0 aliphatic carbocycles. The number of hydrogen-bond acceptors (Lipinski definition) is 4. The number of fused-ring (bicyclic) bond motifs is 1. The Morgan fingerprint density at radius 2 is 1.97 bits per heavy atom. The number of rotatable bonds is 8. The van der Waals surface area contributed by atoms with Crippen LogP contribution in [0.15, 0.2) is 71.1 Å². The van der Waals surface area contributed by atoms with Gasteiger partial charge in [-0.15, -0.1) is 6.58 Å². The van der Waals surface area contributed by atoms with Crippen LogP contribution >= 0.6 is 11.8 Å². The first-order valence-corrected chi connectivity index (χ1v) is 10.7. The van der Waals surface area contributed by atoms with Crippen molar-refractivity contribution < 1.29 is 4.79 Å². The molecule has 0 saturated heterocycles. The minimum atomic E-state index is -0.138. The van der Waals surface area contributed by atoms with E-state index in [1.165, 1.54) is 17.3 Å². The molecule has 0 aliphatic rings. The zero-order chi connectivity index (χ0) is 20.8. The van der Waals surface area contributed by atoms with Gasteiger partial charge in [0.2, 0.25) is 5.91 Å². The lowest BCUT2D eigenvalue weighted by Crippen LogP contribution is -2.26. The first-order valence-electron chi connectivity index (χ1n) is 9.67. The summed E-state index contributed by atoms with van der Waals surface area (Å²) in [5.41, 5.74) is 2.46. The third-order valence-electron chi connectivity index (χ3n) is 4.85. The number of aromatic nitrogens is 2. The predicted octanol–water partition coefficient (Wildman–Crippen LogP) is 4.29. The molecule has 3 rings (SSSR count). The summed E-state index contributed by atoms with van der Waals surface area (Å²) in [5, 5.41) is 3.80. The quantitative estimate of drug-likeness (QED) is 0.344. The normalized spacial score (nSPS) is 11.9. The van der Waals surface area contributed by atoms with Crippen LogP contribution in [0.4, 0.5) is 0 Å². The summed E-state index contributed by atoms with van der Waals surface area (Å²) in [7, 11) is 0. The van der Waals surface area contributed by atoms with Crippen LogP contribution in [0, 0.1) is 0 Å². The highest BCUT2D eigenvalue weighted by atomic mass is 32.2. The minimum Gasteiger partial charge on any atom is -0.352 e. The van der Waals surface area contributed by atoms with Gasteiger partial charge in [-0.2, -0.15) is 0 Å². The first-order chi connectivity index (χ1) is 14.0. The van der Waals surface area contributed by atoms with Gasteiger partial charge in [-0.05, 0) is 42.2 Å². The van der Waals surface area contributed by atoms with Crippen LogP contribution in [-0.4, -0.2) is 27.8 Å². The molecule has 1 aromatic heterocycles. The van der Waals surface area contributed by atoms with E-state index in [1.54, 1.807) is 16.7 Å². The van der Waals surface area contributed by atoms with Crippen molar-refractivity contribution in [3.05, 3.63) is 77.1 Å². The second-order valence-electron chi connectivity index (χ2n) is 6.83. The molecular weight excluding hydrogens is 382 g/mol. The van der Waals surface area contributed by atoms with Crippen molar-refractivity contribution in [2.24, 2.45) is 0 Å². The zero-order valence-corrected chi connectivity index (χ0v) is 17.5. The molecule has 0 spiro atoms. The molecule has 29 heavy (non-hydrogen) atoms. The van der Waals surface area contributed by atoms with Crippen molar-refractivity contribution in [2.45, 2.75) is 31.3 Å². The number of amides is 1. The fraction of sp³-hybridized carbons (Fsp3) is 0.261. The Morgan fingerprint density at radius 1 is 1.24 bits per heavy atom. The summed E-state index contributed by atoms with van der Waals surface area (Å²) in [5.74, 6) is 0.498. The van der Waals surface area contributed by atoms with Gasteiger partial charge in [0.25, 0.3) is 5.56 Å². The van der Waals surface area contributed by atoms with Gasteiger partial charge in [-0.3, -0.25) is 14.2 Å². The van der Waals surface area contributed by atoms with Gasteiger partial charge in [0.1, 0.15) is 0 Å². The number of carbonyl (C=O) groups excluding carboxylic acids is 1. The number of nitrogens with zero attached hydrogens (tertiary/aromatic N) is 2. The average molecular weight is 408 g/mol. The second-order valence-corrected chi connectivity index (χ2v) is 7.78. The molecule has 3 aromatic rings. The fourth-order valence-electron chi connectivity index (χ4n) is 2.99. The largest absolute Gasteiger partial charge is 0.352 e. The summed E-state index contributed by atoms with van der Waals surface area (Å²) < 4.78 is 1.59. The van der Waals surface area contributed by atoms with Crippen molar-refractivity contribution in [2.75, 3.05) is 12.3 Å². The fourth-order valence-corrected chi connectivity index (χ4v) is 3.83. The molecule has 0 saturated carbocycles. The summed E-state index contributed by atoms with van der Waals surface area (Å²) in [6.45, 7) is 8.35. The Morgan fingerprint density at radius 3 is 2.66 bits per heavy atom. The number of para-hydroxylation sites is 1. The van der Waals surface area contributed by atoms with E-state index in [2.05, 4.69) is 42.9 Å². The molecule has 150 valence electrons. The lowest BCUT2D eigenvalue weighted by Gasteiger charge is -2.15. The average Bonchev–Trinajstić information content (AvgIpc) is 2.76. The first kappa shape index (κ1) is 20.9. The third kappa shape index (κ3) is 4.77. The maximum Gasteiger partial charge on any atom is 0.266 e. The van der Waals surface area contributed by atoms with Gasteiger partial charge in [-0.1, -0.05) is 56.0 Å². The number of nitrogens with one attached hydrogen (secondary N) is 1. The summed E-state index contributed by atoms with van der Waals surface area (Å²) in [4.78, 5) is 29.9. The molecule has 2 aromatic carbocycles. The van der Waals surface area contributed by atoms with Crippen LogP contribution in [0.2, 0.25) is 0 Å². The number of carbonyl (C=O) groups is 1. The zero-order valence-electron chi connectivity index (χ0n) is 16.7. The van der Waals surface area contributed by atoms with E-state index in [9.17, 15) is 9.59 Å². The maximum absolute atomic E-state index is 13.2. The molecule has 1 amide bonds. The standard InChI is InChI=1S/C23H25N3O2S/c1-4-14-24-21(27)15-29-23-25-20-9-7-6-8-19(20)22(28)26(23)18-12-10-17(11-13-18)16(3)5-2/h4,6-13,16H,1,5,14-15H2,2-3H3,(H,24,27). The monoisotopic (exact) mass is 407 g/mol. The smallest absolute Gasteiger partial charge is 0.266 e. The number of hydrogen-bond donors (Lipinski definition) is 1. The molecular formula is C23H25N3O2S. The van der Waals surface area contributed by atoms with E-state index in [0.717, 1.165) is 12.1 Å². The summed E-state index contributed by atoms with van der Waals surface area (Å²) in [6.07, 6.45) is 2.68. The van der Waals surface area contributed by atoms with Crippen LogP contribution in [0.5, 0.6) is 0 Å². The van der Waals surface area contributed by atoms with Crippen LogP contribution in [-0.2, 0) is 4.79 Å². The van der Waals surface area contributed by atoms with Crippen molar-refractivity contribution in [3.63, 3.8) is 0 Å². The van der Waals surface area contributed by atoms with Gasteiger partial charge in [0, 0.05) is 6.54 Å². The van der Waals surface area contributed by atoms with Crippen LogP contribution in [0.3, 0.4) is 0 Å². The van der Waals surface area contributed by atoms with Gasteiger partial charge in [-0.25, -0.2) is 4.98 Å². The second kappa shape index (κ2) is 9.56. The molecule has 5 nitrogen and oxygen atoms in total. The number of benzene rings is 2. The molecule has 0 aliphatic heterocycles. The molecule has 0 fully saturated rings. The molecule has 0 radical (unpaired) electrons. The highest BCUT2D eigenvalue weighted by Crippen LogP contribution is 2.24. The minimum absolute atomic E-state index is 0.129. The summed E-state index contributed by atoms with van der Waals surface area (Å²) in [6, 6.07) is 15.3. The van der Waals surface area contributed by atoms with E-state index in [0.29, 0.717) is 28.5 Å². The van der Waals surface area contributed by atoms with Gasteiger partial charge < -0.3 is 5.32 Å². The highest BCUT2D eigenvalue weighted by Gasteiger charge is 2.15. The molecule has 1 unspecified atom stereocenters. The Balaban J connectivity index is 2.03.